The number of nitrogens with two attached hydrogens (primary N) is 1. The van der Waals surface area contributed by atoms with E-state index in [4.69, 9.17) is 15.3 Å². The van der Waals surface area contributed by atoms with Gasteiger partial charge in [0.1, 0.15) is 6.10 Å². The lowest BCUT2D eigenvalue weighted by atomic mass is 10.0. The molecule has 5 nitrogen and oxygen atoms in total. The molecule has 3 unspecified atom stereocenters. The molecule has 0 saturated carbocycles. The van der Waals surface area contributed by atoms with Crippen LogP contribution in [0.1, 0.15) is 40.0 Å². The molecule has 3 N–H and O–H groups in total. The van der Waals surface area contributed by atoms with Crippen molar-refractivity contribution >= 4 is 5.91 Å². The number of nitrogens with one attached hydrogen (secondary N) is 1. The van der Waals surface area contributed by atoms with Crippen molar-refractivity contribution in [1.29, 1.82) is 0 Å². The minimum absolute atomic E-state index is 0.0843. The van der Waals surface area contributed by atoms with Crippen LogP contribution in [0.2, 0.25) is 0 Å². The Hall–Kier alpha value is -0.650. The normalized spacial score (nSPS) is 32.1. The minimum atomic E-state index is -0.451. The lowest BCUT2D eigenvalue weighted by Gasteiger charge is -2.33. The second-order valence-electron chi connectivity index (χ2n) is 4.39. The molecule has 0 bridgehead atoms. The van der Waals surface area contributed by atoms with Crippen LogP contribution in [0.5, 0.6) is 0 Å². The fourth-order valence-electron chi connectivity index (χ4n) is 2.12. The van der Waals surface area contributed by atoms with Crippen molar-refractivity contribution in [2.24, 2.45) is 5.84 Å². The van der Waals surface area contributed by atoms with E-state index in [2.05, 4.69) is 5.43 Å². The molecule has 0 spiro atoms. The smallest absolute Gasteiger partial charge is 0.262 e. The molecule has 16 heavy (non-hydrogen) atoms. The monoisotopic (exact) mass is 230 g/mol. The highest BCUT2D eigenvalue weighted by Crippen LogP contribution is 2.23. The Bertz CT molecular complexity index is 225. The third kappa shape index (κ3) is 3.73. The lowest BCUT2D eigenvalue weighted by molar-refractivity contribution is -0.150. The van der Waals surface area contributed by atoms with Gasteiger partial charge >= 0.3 is 0 Å². The van der Waals surface area contributed by atoms with Crippen LogP contribution in [-0.2, 0) is 14.3 Å². The molecule has 5 heteroatoms. The van der Waals surface area contributed by atoms with Gasteiger partial charge in [-0.2, -0.15) is 0 Å². The first kappa shape index (κ1) is 13.4. The number of hydrogen-bond donors (Lipinski definition) is 2. The quantitative estimate of drug-likeness (QED) is 0.424. The second-order valence-corrected chi connectivity index (χ2v) is 4.39. The predicted molar refractivity (Wildman–Crippen MR) is 60.5 cm³/mol. The first-order valence-corrected chi connectivity index (χ1v) is 5.88. The molecular weight excluding hydrogens is 208 g/mol. The summed E-state index contributed by atoms with van der Waals surface area (Å²) in [5, 5.41) is 0. The van der Waals surface area contributed by atoms with Crippen molar-refractivity contribution in [3.8, 4) is 0 Å². The summed E-state index contributed by atoms with van der Waals surface area (Å²) in [4.78, 5) is 11.4. The largest absolute Gasteiger partial charge is 0.375 e. The molecule has 0 radical (unpaired) electrons. The zero-order valence-corrected chi connectivity index (χ0v) is 10.2. The molecule has 1 heterocycles. The van der Waals surface area contributed by atoms with E-state index in [9.17, 15) is 4.79 Å². The van der Waals surface area contributed by atoms with Crippen molar-refractivity contribution < 1.29 is 14.3 Å². The molecule has 1 saturated heterocycles. The van der Waals surface area contributed by atoms with Gasteiger partial charge in [-0.15, -0.1) is 0 Å². The van der Waals surface area contributed by atoms with E-state index in [1.54, 1.807) is 0 Å². The molecule has 0 aromatic heterocycles. The van der Waals surface area contributed by atoms with Crippen molar-refractivity contribution in [1.82, 2.24) is 5.43 Å². The Morgan fingerprint density at radius 1 is 1.50 bits per heavy atom. The molecule has 94 valence electrons. The maximum atomic E-state index is 11.4. The fourth-order valence-corrected chi connectivity index (χ4v) is 2.12. The van der Waals surface area contributed by atoms with Crippen molar-refractivity contribution in [3.63, 3.8) is 0 Å². The van der Waals surface area contributed by atoms with Crippen molar-refractivity contribution in [3.05, 3.63) is 0 Å². The van der Waals surface area contributed by atoms with Gasteiger partial charge < -0.3 is 9.47 Å². The topological polar surface area (TPSA) is 73.6 Å². The van der Waals surface area contributed by atoms with E-state index in [0.29, 0.717) is 6.42 Å². The third-order valence-electron chi connectivity index (χ3n) is 2.82. The van der Waals surface area contributed by atoms with Crippen LogP contribution in [0, 0.1) is 0 Å². The second kappa shape index (κ2) is 6.18. The predicted octanol–water partition coefficient (Wildman–Crippen LogP) is 0.728. The van der Waals surface area contributed by atoms with E-state index in [1.165, 1.54) is 0 Å². The summed E-state index contributed by atoms with van der Waals surface area (Å²) in [6.45, 7) is 5.96. The number of carbonyl (C=O) groups excluding carboxylic acids is 1. The Morgan fingerprint density at radius 3 is 2.50 bits per heavy atom. The highest BCUT2D eigenvalue weighted by Gasteiger charge is 2.28. The molecule has 0 aliphatic carbocycles. The van der Waals surface area contributed by atoms with Crippen LogP contribution >= 0.6 is 0 Å². The number of carbonyl (C=O) groups is 1. The van der Waals surface area contributed by atoms with Crippen LogP contribution in [0.3, 0.4) is 0 Å². The first-order chi connectivity index (χ1) is 7.56. The van der Waals surface area contributed by atoms with E-state index >= 15 is 0 Å². The highest BCUT2D eigenvalue weighted by atomic mass is 16.5. The Kier molecular flexibility index (Phi) is 5.18. The van der Waals surface area contributed by atoms with Crippen LogP contribution in [-0.4, -0.2) is 30.3 Å². The van der Waals surface area contributed by atoms with Gasteiger partial charge in [-0.25, -0.2) is 5.84 Å². The summed E-state index contributed by atoms with van der Waals surface area (Å²) in [5.41, 5.74) is 2.13. The number of hydrazine groups is 1. The Morgan fingerprint density at radius 2 is 2.06 bits per heavy atom. The lowest BCUT2D eigenvalue weighted by Crippen LogP contribution is -2.44. The van der Waals surface area contributed by atoms with Crippen LogP contribution in [0.4, 0.5) is 0 Å². The molecule has 3 atom stereocenters. The average Bonchev–Trinajstić information content (AvgIpc) is 2.23. The van der Waals surface area contributed by atoms with Gasteiger partial charge in [0, 0.05) is 0 Å². The zero-order valence-electron chi connectivity index (χ0n) is 10.2. The first-order valence-electron chi connectivity index (χ1n) is 5.88. The van der Waals surface area contributed by atoms with Crippen LogP contribution in [0.25, 0.3) is 0 Å². The number of rotatable bonds is 4. The van der Waals surface area contributed by atoms with Gasteiger partial charge in [0.15, 0.2) is 0 Å². The van der Waals surface area contributed by atoms with E-state index in [0.717, 1.165) is 12.8 Å². The minimum Gasteiger partial charge on any atom is -0.375 e. The summed E-state index contributed by atoms with van der Waals surface area (Å²) < 4.78 is 11.4. The van der Waals surface area contributed by atoms with Gasteiger partial charge in [0.25, 0.3) is 5.91 Å². The number of amides is 1. The molecule has 1 aliphatic rings. The van der Waals surface area contributed by atoms with E-state index in [1.807, 2.05) is 20.8 Å². The van der Waals surface area contributed by atoms with Crippen LogP contribution < -0.4 is 11.3 Å². The summed E-state index contributed by atoms with van der Waals surface area (Å²) in [6.07, 6.45) is 2.30. The van der Waals surface area contributed by atoms with E-state index < -0.39 is 6.10 Å². The van der Waals surface area contributed by atoms with E-state index in [-0.39, 0.29) is 24.2 Å². The SMILES string of the molecule is CCC(OC1CC(C)OC(C)C1)C(=O)NN. The van der Waals surface area contributed by atoms with Crippen molar-refractivity contribution in [2.45, 2.75) is 64.4 Å². The maximum absolute atomic E-state index is 11.4. The number of ether oxygens (including phenoxy) is 2. The summed E-state index contributed by atoms with van der Waals surface area (Å²) >= 11 is 0. The summed E-state index contributed by atoms with van der Waals surface area (Å²) in [6, 6.07) is 0. The standard InChI is InChI=1S/C11H22N2O3/c1-4-10(11(14)13-12)16-9-5-7(2)15-8(3)6-9/h7-10H,4-6,12H2,1-3H3,(H,13,14). The van der Waals surface area contributed by atoms with Gasteiger partial charge in [-0.05, 0) is 33.1 Å². The van der Waals surface area contributed by atoms with Gasteiger partial charge in [0.05, 0.1) is 18.3 Å². The fraction of sp³-hybridized carbons (Fsp3) is 0.909. The molecule has 1 aliphatic heterocycles. The summed E-state index contributed by atoms with van der Waals surface area (Å²) in [5.74, 6) is 4.85. The molecular formula is C11H22N2O3. The van der Waals surface area contributed by atoms with Gasteiger partial charge in [-0.1, -0.05) is 6.92 Å². The van der Waals surface area contributed by atoms with Crippen LogP contribution in [0.15, 0.2) is 0 Å². The third-order valence-corrected chi connectivity index (χ3v) is 2.82. The average molecular weight is 230 g/mol. The maximum Gasteiger partial charge on any atom is 0.262 e. The Labute approximate surface area is 96.6 Å². The van der Waals surface area contributed by atoms with Crippen molar-refractivity contribution in [2.75, 3.05) is 0 Å². The van der Waals surface area contributed by atoms with Gasteiger partial charge in [-0.3, -0.25) is 10.2 Å². The molecule has 1 amide bonds. The highest BCUT2D eigenvalue weighted by molar-refractivity contribution is 5.80. The summed E-state index contributed by atoms with van der Waals surface area (Å²) in [7, 11) is 0. The molecule has 0 aromatic carbocycles. The number of hydrogen-bond acceptors (Lipinski definition) is 4. The molecule has 1 rings (SSSR count). The molecule has 0 aromatic rings. The molecule has 1 fully saturated rings. The zero-order chi connectivity index (χ0) is 12.1. The Balaban J connectivity index is 2.47. The van der Waals surface area contributed by atoms with Gasteiger partial charge in [0.2, 0.25) is 0 Å².